The zero-order chi connectivity index (χ0) is 12.4. The molecule has 1 aromatic carbocycles. The molecule has 0 aliphatic heterocycles. The zero-order valence-corrected chi connectivity index (χ0v) is 11.2. The Kier molecular flexibility index (Phi) is 3.22. The minimum absolute atomic E-state index is 1.18. The lowest BCUT2D eigenvalue weighted by Crippen LogP contribution is -2.04. The molecule has 1 heteroatoms. The molecule has 0 atom stereocenters. The van der Waals surface area contributed by atoms with Crippen molar-refractivity contribution in [2.24, 2.45) is 0 Å². The summed E-state index contributed by atoms with van der Waals surface area (Å²) in [6.45, 7) is 3.45. The minimum atomic E-state index is 1.18. The molecule has 1 aliphatic carbocycles. The molecule has 1 nitrogen and oxygen atoms in total. The van der Waals surface area contributed by atoms with Crippen LogP contribution in [-0.4, -0.2) is 4.57 Å². The largest absolute Gasteiger partial charge is 0.344 e. The molecule has 0 saturated carbocycles. The van der Waals surface area contributed by atoms with E-state index in [0.717, 1.165) is 0 Å². The van der Waals surface area contributed by atoms with E-state index in [4.69, 9.17) is 0 Å². The molecule has 0 radical (unpaired) electrons. The molecule has 0 fully saturated rings. The first-order chi connectivity index (χ1) is 8.90. The number of unbranched alkanes of at least 4 members (excludes halogenated alkanes) is 1. The van der Waals surface area contributed by atoms with Crippen LogP contribution in [0.2, 0.25) is 0 Å². The van der Waals surface area contributed by atoms with Gasteiger partial charge in [0.2, 0.25) is 0 Å². The molecule has 0 amide bonds. The lowest BCUT2D eigenvalue weighted by Gasteiger charge is -2.12. The smallest absolute Gasteiger partial charge is 0.0485 e. The van der Waals surface area contributed by atoms with Crippen LogP contribution in [-0.2, 0) is 19.4 Å². The first-order valence-electron chi connectivity index (χ1n) is 7.17. The van der Waals surface area contributed by atoms with Crippen LogP contribution in [0.15, 0.2) is 36.4 Å². The number of nitrogens with zero attached hydrogens (tertiary/aromatic N) is 1. The Morgan fingerprint density at radius 3 is 2.72 bits per heavy atom. The second kappa shape index (κ2) is 5.01. The van der Waals surface area contributed by atoms with Crippen LogP contribution in [0, 0.1) is 0 Å². The van der Waals surface area contributed by atoms with Crippen molar-refractivity contribution in [1.82, 2.24) is 4.57 Å². The minimum Gasteiger partial charge on any atom is -0.344 e. The van der Waals surface area contributed by atoms with Crippen molar-refractivity contribution in [3.05, 3.63) is 47.7 Å². The van der Waals surface area contributed by atoms with Crippen LogP contribution < -0.4 is 0 Å². The molecule has 1 aromatic heterocycles. The molecule has 0 N–H and O–H groups in total. The second-order valence-corrected chi connectivity index (χ2v) is 5.23. The molecule has 18 heavy (non-hydrogen) atoms. The average molecular weight is 239 g/mol. The molecule has 0 spiro atoms. The topological polar surface area (TPSA) is 4.93 Å². The van der Waals surface area contributed by atoms with Crippen molar-refractivity contribution in [3.63, 3.8) is 0 Å². The van der Waals surface area contributed by atoms with Gasteiger partial charge >= 0.3 is 0 Å². The highest BCUT2D eigenvalue weighted by Gasteiger charge is 2.19. The molecule has 1 heterocycles. The van der Waals surface area contributed by atoms with Gasteiger partial charge in [-0.2, -0.15) is 0 Å². The van der Waals surface area contributed by atoms with Crippen molar-refractivity contribution >= 4 is 0 Å². The third-order valence-electron chi connectivity index (χ3n) is 3.96. The van der Waals surface area contributed by atoms with Crippen LogP contribution in [0.25, 0.3) is 11.3 Å². The van der Waals surface area contributed by atoms with E-state index in [0.29, 0.717) is 0 Å². The van der Waals surface area contributed by atoms with Crippen LogP contribution in [0.3, 0.4) is 0 Å². The molecule has 0 unspecified atom stereocenters. The van der Waals surface area contributed by atoms with Gasteiger partial charge in [-0.3, -0.25) is 0 Å². The van der Waals surface area contributed by atoms with Crippen molar-refractivity contribution in [3.8, 4) is 11.3 Å². The highest BCUT2D eigenvalue weighted by atomic mass is 15.0. The van der Waals surface area contributed by atoms with Crippen LogP contribution in [0.4, 0.5) is 0 Å². The van der Waals surface area contributed by atoms with Gasteiger partial charge < -0.3 is 4.57 Å². The van der Waals surface area contributed by atoms with Crippen molar-refractivity contribution in [1.29, 1.82) is 0 Å². The number of aryl methyl sites for hydroxylation is 1. The Hall–Kier alpha value is -1.50. The average Bonchev–Trinajstić information content (AvgIpc) is 2.98. The van der Waals surface area contributed by atoms with Crippen molar-refractivity contribution in [2.75, 3.05) is 0 Å². The van der Waals surface area contributed by atoms with Gasteiger partial charge in [-0.15, -0.1) is 0 Å². The summed E-state index contributed by atoms with van der Waals surface area (Å²) in [4.78, 5) is 0. The number of fused-ring (bicyclic) bond motifs is 1. The number of rotatable bonds is 4. The summed E-state index contributed by atoms with van der Waals surface area (Å²) in [7, 11) is 0. The van der Waals surface area contributed by atoms with E-state index in [2.05, 4.69) is 47.9 Å². The summed E-state index contributed by atoms with van der Waals surface area (Å²) in [5.41, 5.74) is 5.98. The lowest BCUT2D eigenvalue weighted by molar-refractivity contribution is 0.617. The van der Waals surface area contributed by atoms with Gasteiger partial charge in [0, 0.05) is 17.9 Å². The molecule has 94 valence electrons. The van der Waals surface area contributed by atoms with Crippen molar-refractivity contribution < 1.29 is 0 Å². The molecule has 1 aliphatic rings. The quantitative estimate of drug-likeness (QED) is 0.743. The Morgan fingerprint density at radius 1 is 1.11 bits per heavy atom. The second-order valence-electron chi connectivity index (χ2n) is 5.23. The maximum absolute atomic E-state index is 2.57. The molecule has 0 saturated heterocycles. The molecule has 0 bridgehead atoms. The summed E-state index contributed by atoms with van der Waals surface area (Å²) in [5, 5.41) is 0. The highest BCUT2D eigenvalue weighted by molar-refractivity contribution is 5.63. The van der Waals surface area contributed by atoms with E-state index in [9.17, 15) is 0 Å². The number of benzene rings is 1. The summed E-state index contributed by atoms with van der Waals surface area (Å²) in [5.74, 6) is 0. The van der Waals surface area contributed by atoms with Gasteiger partial charge in [0.05, 0.1) is 0 Å². The van der Waals surface area contributed by atoms with Gasteiger partial charge in [-0.1, -0.05) is 43.7 Å². The summed E-state index contributed by atoms with van der Waals surface area (Å²) in [6.07, 6.45) is 6.42. The van der Waals surface area contributed by atoms with Gasteiger partial charge in [0.25, 0.3) is 0 Å². The predicted octanol–water partition coefficient (Wildman–Crippen LogP) is 4.44. The zero-order valence-electron chi connectivity index (χ0n) is 11.2. The monoisotopic (exact) mass is 239 g/mol. The first-order valence-corrected chi connectivity index (χ1v) is 7.17. The van der Waals surface area contributed by atoms with Gasteiger partial charge in [-0.25, -0.2) is 0 Å². The fourth-order valence-electron chi connectivity index (χ4n) is 3.02. The maximum atomic E-state index is 2.57. The van der Waals surface area contributed by atoms with E-state index in [1.54, 1.807) is 11.3 Å². The van der Waals surface area contributed by atoms with Gasteiger partial charge in [0.15, 0.2) is 0 Å². The number of hydrogen-bond acceptors (Lipinski definition) is 0. The van der Waals surface area contributed by atoms with Gasteiger partial charge in [-0.05, 0) is 42.9 Å². The summed E-state index contributed by atoms with van der Waals surface area (Å²) < 4.78 is 2.57. The lowest BCUT2D eigenvalue weighted by atomic mass is 10.1. The Balaban J connectivity index is 2.03. The fourth-order valence-corrected chi connectivity index (χ4v) is 3.02. The molecule has 2 aromatic rings. The SMILES string of the molecule is CCCCn1c(-c2ccccc2)cc2c1CCC2. The first kappa shape index (κ1) is 11.6. The normalized spacial score (nSPS) is 13.8. The highest BCUT2D eigenvalue weighted by Crippen LogP contribution is 2.32. The van der Waals surface area contributed by atoms with Crippen LogP contribution in [0.1, 0.15) is 37.4 Å². The molecule has 3 rings (SSSR count). The fraction of sp³-hybridized carbons (Fsp3) is 0.412. The maximum Gasteiger partial charge on any atom is 0.0485 e. The standard InChI is InChI=1S/C17H21N/c1-2-3-12-18-16-11-7-10-15(16)13-17(18)14-8-5-4-6-9-14/h4-6,8-9,13H,2-3,7,10-12H2,1H3. The third-order valence-corrected chi connectivity index (χ3v) is 3.96. The molecular formula is C17H21N. The number of aromatic nitrogens is 1. The van der Waals surface area contributed by atoms with E-state index >= 15 is 0 Å². The summed E-state index contributed by atoms with van der Waals surface area (Å²) in [6, 6.07) is 13.2. The van der Waals surface area contributed by atoms with Crippen molar-refractivity contribution in [2.45, 2.75) is 45.6 Å². The molecular weight excluding hydrogens is 218 g/mol. The van der Waals surface area contributed by atoms with E-state index < -0.39 is 0 Å². The van der Waals surface area contributed by atoms with E-state index in [1.807, 2.05) is 0 Å². The van der Waals surface area contributed by atoms with E-state index in [-0.39, 0.29) is 0 Å². The Bertz CT molecular complexity index is 522. The predicted molar refractivity (Wildman–Crippen MR) is 76.8 cm³/mol. The Morgan fingerprint density at radius 2 is 1.94 bits per heavy atom. The Labute approximate surface area is 109 Å². The van der Waals surface area contributed by atoms with Gasteiger partial charge in [0.1, 0.15) is 0 Å². The van der Waals surface area contributed by atoms with E-state index in [1.165, 1.54) is 49.9 Å². The summed E-state index contributed by atoms with van der Waals surface area (Å²) >= 11 is 0. The van der Waals surface area contributed by atoms with Crippen LogP contribution >= 0.6 is 0 Å². The van der Waals surface area contributed by atoms with Crippen LogP contribution in [0.5, 0.6) is 0 Å². The third kappa shape index (κ3) is 1.98. The number of hydrogen-bond donors (Lipinski definition) is 0.